The maximum absolute atomic E-state index is 12.6. The van der Waals surface area contributed by atoms with Crippen LogP contribution in [0.2, 0.25) is 0 Å². The minimum absolute atomic E-state index is 0.00833. The van der Waals surface area contributed by atoms with E-state index in [-0.39, 0.29) is 35.4 Å². The molecule has 2 aliphatic heterocycles. The molecule has 2 aliphatic rings. The van der Waals surface area contributed by atoms with Crippen LogP contribution in [0.3, 0.4) is 0 Å². The summed E-state index contributed by atoms with van der Waals surface area (Å²) in [6, 6.07) is -0.336. The minimum atomic E-state index is -2.98. The van der Waals surface area contributed by atoms with E-state index in [0.717, 1.165) is 32.4 Å². The summed E-state index contributed by atoms with van der Waals surface area (Å²) in [5.41, 5.74) is 0. The number of piperidine rings is 1. The van der Waals surface area contributed by atoms with Gasteiger partial charge in [-0.05, 0) is 44.7 Å². The van der Waals surface area contributed by atoms with Gasteiger partial charge in [0.05, 0.1) is 17.5 Å². The summed E-state index contributed by atoms with van der Waals surface area (Å²) in [5, 5.41) is 2.99. The van der Waals surface area contributed by atoms with E-state index in [1.165, 1.54) is 6.42 Å². The van der Waals surface area contributed by atoms with Crippen LogP contribution in [-0.2, 0) is 14.6 Å². The minimum Gasteiger partial charge on any atom is -0.351 e. The first-order valence-electron chi connectivity index (χ1n) is 8.14. The molecule has 2 atom stereocenters. The van der Waals surface area contributed by atoms with E-state index in [1.54, 1.807) is 0 Å². The van der Waals surface area contributed by atoms with Gasteiger partial charge in [-0.15, -0.1) is 0 Å². The van der Waals surface area contributed by atoms with Gasteiger partial charge in [-0.1, -0.05) is 20.3 Å². The number of rotatable bonds is 4. The van der Waals surface area contributed by atoms with E-state index in [0.29, 0.717) is 6.42 Å². The second-order valence-corrected chi connectivity index (χ2v) is 8.98. The quantitative estimate of drug-likeness (QED) is 0.846. The zero-order valence-electron chi connectivity index (χ0n) is 13.2. The Morgan fingerprint density at radius 2 is 1.81 bits per heavy atom. The lowest BCUT2D eigenvalue weighted by molar-refractivity contribution is -0.129. The second-order valence-electron chi connectivity index (χ2n) is 6.75. The first kappa shape index (κ1) is 16.7. The summed E-state index contributed by atoms with van der Waals surface area (Å²) in [6.07, 6.45) is 4.96. The van der Waals surface area contributed by atoms with Crippen molar-refractivity contribution in [3.05, 3.63) is 0 Å². The van der Waals surface area contributed by atoms with Crippen LogP contribution >= 0.6 is 0 Å². The highest BCUT2D eigenvalue weighted by atomic mass is 32.2. The Morgan fingerprint density at radius 1 is 1.14 bits per heavy atom. The van der Waals surface area contributed by atoms with E-state index < -0.39 is 9.84 Å². The molecule has 1 amide bonds. The van der Waals surface area contributed by atoms with Gasteiger partial charge in [-0.2, -0.15) is 0 Å². The van der Waals surface area contributed by atoms with Crippen molar-refractivity contribution in [3.63, 3.8) is 0 Å². The number of hydrogen-bond donors (Lipinski definition) is 1. The summed E-state index contributed by atoms with van der Waals surface area (Å²) < 4.78 is 23.4. The number of nitrogens with zero attached hydrogens (tertiary/aromatic N) is 1. The van der Waals surface area contributed by atoms with E-state index in [2.05, 4.69) is 24.1 Å². The van der Waals surface area contributed by atoms with Crippen molar-refractivity contribution in [3.8, 4) is 0 Å². The lowest BCUT2D eigenvalue weighted by Crippen LogP contribution is -2.55. The zero-order chi connectivity index (χ0) is 15.5. The second kappa shape index (κ2) is 7.09. The standard InChI is InChI=1S/C15H28N2O3S/c1-12(2)14(17-8-4-3-5-9-17)15(18)16-13-7-6-10-21(19,20)11-13/h12-14H,3-11H2,1-2H3,(H,16,18)/t13-,14+/m1/s1. The molecule has 21 heavy (non-hydrogen) atoms. The van der Waals surface area contributed by atoms with Crippen LogP contribution in [0.25, 0.3) is 0 Å². The zero-order valence-corrected chi connectivity index (χ0v) is 14.0. The predicted octanol–water partition coefficient (Wildman–Crippen LogP) is 1.19. The van der Waals surface area contributed by atoms with E-state index in [4.69, 9.17) is 0 Å². The van der Waals surface area contributed by atoms with Crippen LogP contribution < -0.4 is 5.32 Å². The Morgan fingerprint density at radius 3 is 2.38 bits per heavy atom. The summed E-state index contributed by atoms with van der Waals surface area (Å²) in [6.45, 7) is 6.07. The largest absolute Gasteiger partial charge is 0.351 e. The Hall–Kier alpha value is -0.620. The van der Waals surface area contributed by atoms with Crippen LogP contribution in [0.15, 0.2) is 0 Å². The van der Waals surface area contributed by atoms with Crippen molar-refractivity contribution in [1.29, 1.82) is 0 Å². The molecule has 0 unspecified atom stereocenters. The molecule has 2 saturated heterocycles. The third-order valence-corrected chi connectivity index (χ3v) is 6.31. The van der Waals surface area contributed by atoms with E-state index in [1.807, 2.05) is 0 Å². The summed E-state index contributed by atoms with van der Waals surface area (Å²) >= 11 is 0. The molecule has 0 aliphatic carbocycles. The maximum Gasteiger partial charge on any atom is 0.237 e. The average Bonchev–Trinajstić information content (AvgIpc) is 2.38. The van der Waals surface area contributed by atoms with Crippen molar-refractivity contribution in [2.45, 2.75) is 58.0 Å². The third kappa shape index (κ3) is 4.68. The predicted molar refractivity (Wildman–Crippen MR) is 83.9 cm³/mol. The van der Waals surface area contributed by atoms with Gasteiger partial charge in [0.15, 0.2) is 9.84 Å². The van der Waals surface area contributed by atoms with Crippen molar-refractivity contribution >= 4 is 15.7 Å². The molecule has 122 valence electrons. The Bertz CT molecular complexity index is 456. The average molecular weight is 316 g/mol. The molecule has 0 aromatic rings. The van der Waals surface area contributed by atoms with E-state index in [9.17, 15) is 13.2 Å². The van der Waals surface area contributed by atoms with Crippen LogP contribution in [0.1, 0.15) is 46.0 Å². The molecule has 0 bridgehead atoms. The summed E-state index contributed by atoms with van der Waals surface area (Å²) in [7, 11) is -2.98. The number of carbonyl (C=O) groups is 1. The van der Waals surface area contributed by atoms with Crippen LogP contribution in [0.4, 0.5) is 0 Å². The molecule has 2 heterocycles. The molecular weight excluding hydrogens is 288 g/mol. The lowest BCUT2D eigenvalue weighted by atomic mass is 9.98. The highest BCUT2D eigenvalue weighted by Gasteiger charge is 2.33. The Balaban J connectivity index is 1.98. The molecule has 0 saturated carbocycles. The molecule has 1 N–H and O–H groups in total. The van der Waals surface area contributed by atoms with Gasteiger partial charge in [-0.3, -0.25) is 9.69 Å². The summed E-state index contributed by atoms with van der Waals surface area (Å²) in [5.74, 6) is 0.611. The number of nitrogens with one attached hydrogen (secondary N) is 1. The highest BCUT2D eigenvalue weighted by Crippen LogP contribution is 2.19. The smallest absolute Gasteiger partial charge is 0.237 e. The van der Waals surface area contributed by atoms with Crippen LogP contribution in [-0.4, -0.2) is 55.9 Å². The molecule has 0 aromatic heterocycles. The van der Waals surface area contributed by atoms with Gasteiger partial charge in [0.2, 0.25) is 5.91 Å². The first-order valence-corrected chi connectivity index (χ1v) is 9.96. The fraction of sp³-hybridized carbons (Fsp3) is 0.933. The molecule has 2 fully saturated rings. The monoisotopic (exact) mass is 316 g/mol. The Labute approximate surface area is 128 Å². The first-order chi connectivity index (χ1) is 9.89. The van der Waals surface area contributed by atoms with Crippen molar-refractivity contribution < 1.29 is 13.2 Å². The topological polar surface area (TPSA) is 66.5 Å². The number of hydrogen-bond acceptors (Lipinski definition) is 4. The van der Waals surface area contributed by atoms with Gasteiger partial charge in [0, 0.05) is 6.04 Å². The van der Waals surface area contributed by atoms with Gasteiger partial charge >= 0.3 is 0 Å². The molecule has 6 heteroatoms. The molecule has 0 aromatic carbocycles. The van der Waals surface area contributed by atoms with Crippen LogP contribution in [0, 0.1) is 5.92 Å². The maximum atomic E-state index is 12.6. The van der Waals surface area contributed by atoms with E-state index >= 15 is 0 Å². The fourth-order valence-corrected chi connectivity index (χ4v) is 5.15. The molecule has 0 spiro atoms. The van der Waals surface area contributed by atoms with Crippen molar-refractivity contribution in [2.24, 2.45) is 5.92 Å². The van der Waals surface area contributed by atoms with Gasteiger partial charge in [0.1, 0.15) is 0 Å². The van der Waals surface area contributed by atoms with Gasteiger partial charge < -0.3 is 5.32 Å². The highest BCUT2D eigenvalue weighted by molar-refractivity contribution is 7.91. The van der Waals surface area contributed by atoms with Gasteiger partial charge in [-0.25, -0.2) is 8.42 Å². The SMILES string of the molecule is CC(C)[C@@H](C(=O)N[C@@H]1CCCS(=O)(=O)C1)N1CCCCC1. The lowest BCUT2D eigenvalue weighted by Gasteiger charge is -2.37. The fourth-order valence-electron chi connectivity index (χ4n) is 3.51. The molecular formula is C15H28N2O3S. The van der Waals surface area contributed by atoms with Crippen molar-refractivity contribution in [2.75, 3.05) is 24.6 Å². The Kier molecular flexibility index (Phi) is 5.66. The van der Waals surface area contributed by atoms with Crippen LogP contribution in [0.5, 0.6) is 0 Å². The van der Waals surface area contributed by atoms with Crippen molar-refractivity contribution in [1.82, 2.24) is 10.2 Å². The normalized spacial score (nSPS) is 28.2. The number of likely N-dealkylation sites (tertiary alicyclic amines) is 1. The third-order valence-electron chi connectivity index (χ3n) is 4.49. The number of amides is 1. The molecule has 2 rings (SSSR count). The molecule has 0 radical (unpaired) electrons. The van der Waals surface area contributed by atoms with Gasteiger partial charge in [0.25, 0.3) is 0 Å². The number of carbonyl (C=O) groups excluding carboxylic acids is 1. The number of sulfone groups is 1. The summed E-state index contributed by atoms with van der Waals surface area (Å²) in [4.78, 5) is 14.9. The molecule has 5 nitrogen and oxygen atoms in total.